The van der Waals surface area contributed by atoms with Crippen molar-refractivity contribution in [1.29, 1.82) is 0 Å². The molecule has 3 aromatic heterocycles. The third-order valence-corrected chi connectivity index (χ3v) is 7.25. The molecular weight excluding hydrogens is 478 g/mol. The number of rotatable bonds is 5. The van der Waals surface area contributed by atoms with Gasteiger partial charge in [0.15, 0.2) is 5.82 Å². The number of primary amides is 1. The van der Waals surface area contributed by atoms with Crippen molar-refractivity contribution < 1.29 is 4.79 Å². The second kappa shape index (κ2) is 9.60. The van der Waals surface area contributed by atoms with Crippen LogP contribution in [0, 0.1) is 0 Å². The van der Waals surface area contributed by atoms with E-state index in [1.165, 1.54) is 10.9 Å². The lowest BCUT2D eigenvalue weighted by atomic mass is 9.93. The molecule has 1 amide bonds. The number of benzene rings is 2. The van der Waals surface area contributed by atoms with Gasteiger partial charge in [-0.2, -0.15) is 5.10 Å². The largest absolute Gasteiger partial charge is 0.382 e. The lowest BCUT2D eigenvalue weighted by Crippen LogP contribution is -2.29. The third-order valence-electron chi connectivity index (χ3n) is 7.25. The van der Waals surface area contributed by atoms with Gasteiger partial charge in [0.05, 0.1) is 0 Å². The van der Waals surface area contributed by atoms with E-state index < -0.39 is 11.5 Å². The van der Waals surface area contributed by atoms with Gasteiger partial charge in [-0.1, -0.05) is 42.5 Å². The molecule has 0 unspecified atom stereocenters. The Hall–Kier alpha value is -4.76. The molecule has 1 fully saturated rings. The highest BCUT2D eigenvalue weighted by molar-refractivity contribution is 5.99. The fraction of sp³-hybridized carbons (Fsp3) is 0.172. The molecule has 6 rings (SSSR count). The Morgan fingerprint density at radius 1 is 0.947 bits per heavy atom. The number of nitrogens with zero attached hydrogens (tertiary/aromatic N) is 4. The van der Waals surface area contributed by atoms with Gasteiger partial charge in [-0.3, -0.25) is 14.2 Å². The predicted molar refractivity (Wildman–Crippen MR) is 147 cm³/mol. The van der Waals surface area contributed by atoms with Gasteiger partial charge in [-0.25, -0.2) is 9.50 Å². The molecule has 9 heteroatoms. The van der Waals surface area contributed by atoms with Crippen molar-refractivity contribution in [2.45, 2.75) is 18.8 Å². The predicted octanol–water partition coefficient (Wildman–Crippen LogP) is 3.36. The van der Waals surface area contributed by atoms with E-state index in [1.54, 1.807) is 24.4 Å². The Morgan fingerprint density at radius 3 is 2.32 bits per heavy atom. The zero-order valence-electron chi connectivity index (χ0n) is 20.7. The van der Waals surface area contributed by atoms with Crippen LogP contribution in [-0.4, -0.2) is 38.2 Å². The number of anilines is 1. The van der Waals surface area contributed by atoms with Crippen LogP contribution in [0.15, 0.2) is 84.0 Å². The maximum atomic E-state index is 13.3. The topological polar surface area (TPSA) is 133 Å². The quantitative estimate of drug-likeness (QED) is 0.335. The van der Waals surface area contributed by atoms with E-state index in [2.05, 4.69) is 21.5 Å². The van der Waals surface area contributed by atoms with Crippen molar-refractivity contribution in [3.63, 3.8) is 0 Å². The molecule has 5 aromatic rings. The van der Waals surface area contributed by atoms with E-state index in [4.69, 9.17) is 11.5 Å². The van der Waals surface area contributed by atoms with Crippen LogP contribution in [0.2, 0.25) is 0 Å². The lowest BCUT2D eigenvalue weighted by Gasteiger charge is -2.22. The number of carbonyl (C=O) groups excluding carboxylic acids is 1. The highest BCUT2D eigenvalue weighted by Gasteiger charge is 2.23. The van der Waals surface area contributed by atoms with E-state index in [0.29, 0.717) is 28.6 Å². The fourth-order valence-electron chi connectivity index (χ4n) is 5.36. The minimum atomic E-state index is -0.769. The van der Waals surface area contributed by atoms with Crippen molar-refractivity contribution >= 4 is 17.2 Å². The maximum Gasteiger partial charge on any atom is 0.268 e. The number of fused-ring (bicyclic) bond motifs is 1. The van der Waals surface area contributed by atoms with Crippen LogP contribution >= 0.6 is 0 Å². The van der Waals surface area contributed by atoms with Gasteiger partial charge in [0.1, 0.15) is 17.4 Å². The first-order valence-electron chi connectivity index (χ1n) is 12.6. The van der Waals surface area contributed by atoms with Crippen LogP contribution < -0.4 is 22.3 Å². The summed E-state index contributed by atoms with van der Waals surface area (Å²) in [6, 6.07) is 20.7. The van der Waals surface area contributed by atoms with Gasteiger partial charge in [0, 0.05) is 34.6 Å². The highest BCUT2D eigenvalue weighted by atomic mass is 16.2. The molecule has 38 heavy (non-hydrogen) atoms. The third kappa shape index (κ3) is 4.03. The Labute approximate surface area is 218 Å². The number of nitrogens with one attached hydrogen (secondary N) is 1. The number of amides is 1. The monoisotopic (exact) mass is 505 g/mol. The summed E-state index contributed by atoms with van der Waals surface area (Å²) in [6.45, 7) is 1.93. The van der Waals surface area contributed by atoms with Crippen LogP contribution in [0.25, 0.3) is 33.5 Å². The summed E-state index contributed by atoms with van der Waals surface area (Å²) in [5.74, 6) is 0.0226. The molecule has 5 N–H and O–H groups in total. The van der Waals surface area contributed by atoms with Gasteiger partial charge in [0.2, 0.25) is 0 Å². The molecule has 0 atom stereocenters. The molecule has 0 radical (unpaired) electrons. The first-order valence-corrected chi connectivity index (χ1v) is 12.6. The summed E-state index contributed by atoms with van der Waals surface area (Å²) >= 11 is 0. The summed E-state index contributed by atoms with van der Waals surface area (Å²) in [5, 5.41) is 7.93. The van der Waals surface area contributed by atoms with Crippen LogP contribution in [0.1, 0.15) is 34.8 Å². The summed E-state index contributed by atoms with van der Waals surface area (Å²) < 4.78 is 3.34. The zero-order valence-corrected chi connectivity index (χ0v) is 20.7. The number of nitrogen functional groups attached to an aromatic ring is 1. The lowest BCUT2D eigenvalue weighted by molar-refractivity contribution is 0.0999. The number of piperidine rings is 1. The molecule has 0 bridgehead atoms. The van der Waals surface area contributed by atoms with Crippen LogP contribution in [0.3, 0.4) is 0 Å². The van der Waals surface area contributed by atoms with Crippen LogP contribution in [-0.2, 0) is 0 Å². The number of carbonyl (C=O) groups is 1. The second-order valence-corrected chi connectivity index (χ2v) is 9.47. The number of hydrogen-bond acceptors (Lipinski definition) is 6. The maximum absolute atomic E-state index is 13.3. The summed E-state index contributed by atoms with van der Waals surface area (Å²) in [6.07, 6.45) is 5.21. The molecule has 1 saturated heterocycles. The Balaban J connectivity index is 1.43. The summed E-state index contributed by atoms with van der Waals surface area (Å²) in [4.78, 5) is 29.9. The fourth-order valence-corrected chi connectivity index (χ4v) is 5.36. The number of hydrogen-bond donors (Lipinski definition) is 3. The molecule has 2 aromatic carbocycles. The number of aromatic nitrogens is 4. The van der Waals surface area contributed by atoms with Gasteiger partial charge >= 0.3 is 0 Å². The zero-order chi connectivity index (χ0) is 26.2. The van der Waals surface area contributed by atoms with Gasteiger partial charge < -0.3 is 16.8 Å². The van der Waals surface area contributed by atoms with Gasteiger partial charge in [-0.05, 0) is 61.3 Å². The standard InChI is InChI=1S/C29H27N7O2/c30-27-26-23(16-24(36(26)34-17-33-27)20-10-13-32-14-11-20)19-8-6-18(7-9-19)22-12-15-35(21-4-2-1-3-5-21)29(38)25(22)28(31)37/h1-9,12,15-17,20,32H,10-11,13-14H2,(H2,31,37)(H2,30,33,34). The minimum absolute atomic E-state index is 0.0516. The van der Waals surface area contributed by atoms with Gasteiger partial charge in [0.25, 0.3) is 11.5 Å². The number of pyridine rings is 1. The van der Waals surface area contributed by atoms with Crippen molar-refractivity contribution in [1.82, 2.24) is 24.5 Å². The SMILES string of the molecule is NC(=O)c1c(-c2ccc(-c3cc(C4CCNCC4)n4ncnc(N)c34)cc2)ccn(-c2ccccc2)c1=O. The smallest absolute Gasteiger partial charge is 0.268 e. The molecule has 1 aliphatic rings. The molecule has 0 spiro atoms. The normalized spacial score (nSPS) is 14.1. The van der Waals surface area contributed by atoms with E-state index in [9.17, 15) is 9.59 Å². The average molecular weight is 506 g/mol. The van der Waals surface area contributed by atoms with Gasteiger partial charge in [-0.15, -0.1) is 0 Å². The first-order chi connectivity index (χ1) is 18.5. The number of nitrogens with two attached hydrogens (primary N) is 2. The first kappa shape index (κ1) is 23.6. The van der Waals surface area contributed by atoms with E-state index in [-0.39, 0.29) is 5.56 Å². The minimum Gasteiger partial charge on any atom is -0.382 e. The van der Waals surface area contributed by atoms with Crippen LogP contribution in [0.4, 0.5) is 5.82 Å². The Bertz CT molecular complexity index is 1700. The molecular formula is C29H27N7O2. The second-order valence-electron chi connectivity index (χ2n) is 9.47. The average Bonchev–Trinajstić information content (AvgIpc) is 3.35. The van der Waals surface area contributed by atoms with E-state index in [0.717, 1.165) is 48.3 Å². The van der Waals surface area contributed by atoms with Crippen molar-refractivity contribution in [2.75, 3.05) is 18.8 Å². The number of para-hydroxylation sites is 1. The molecule has 1 aliphatic heterocycles. The van der Waals surface area contributed by atoms with Crippen molar-refractivity contribution in [3.8, 4) is 27.9 Å². The van der Waals surface area contributed by atoms with Crippen molar-refractivity contribution in [3.05, 3.63) is 101 Å². The summed E-state index contributed by atoms with van der Waals surface area (Å²) in [7, 11) is 0. The van der Waals surface area contributed by atoms with Crippen molar-refractivity contribution in [2.24, 2.45) is 5.73 Å². The molecule has 9 nitrogen and oxygen atoms in total. The highest BCUT2D eigenvalue weighted by Crippen LogP contribution is 2.36. The molecule has 0 saturated carbocycles. The summed E-state index contributed by atoms with van der Waals surface area (Å²) in [5.41, 5.74) is 17.1. The van der Waals surface area contributed by atoms with E-state index >= 15 is 0 Å². The van der Waals surface area contributed by atoms with Crippen LogP contribution in [0.5, 0.6) is 0 Å². The Morgan fingerprint density at radius 2 is 1.63 bits per heavy atom. The molecule has 190 valence electrons. The Kier molecular flexibility index (Phi) is 5.97. The van der Waals surface area contributed by atoms with E-state index in [1.807, 2.05) is 47.0 Å². The molecule has 4 heterocycles. The molecule has 0 aliphatic carbocycles.